The summed E-state index contributed by atoms with van der Waals surface area (Å²) in [5.41, 5.74) is 18.6. The van der Waals surface area contributed by atoms with Crippen LogP contribution < -0.4 is 14.7 Å². The standard InChI is InChI=1S/C86H57N3S/c1-4-23-58(24-5-1)73-37-14-17-42-79(73)88(70-36-22-35-69(55-70)87(68-33-8-3-9-34-68)81-50-48-62-46-45-60-29-20-30-61-47-49-78(81)86(62)84(60)61)71-53-67(63-31-21-32-66(51-63)85-75-39-12-10-27-64(75)52-65-28-11-13-40-76(65)85)54-72(56-71)89(82-57-90-83-44-19-16-41-77(82)83)80-43-18-15-38-74(80)59-25-6-2-7-26-59/h1-57H. The molecule has 0 bridgehead atoms. The number of benzene rings is 16. The van der Waals surface area contributed by atoms with Crippen molar-refractivity contribution in [3.8, 4) is 44.5 Å². The fraction of sp³-hybridized carbons (Fsp3) is 0. The second-order valence-corrected chi connectivity index (χ2v) is 24.1. The Morgan fingerprint density at radius 1 is 0.211 bits per heavy atom. The lowest BCUT2D eigenvalue weighted by atomic mass is 9.90. The van der Waals surface area contributed by atoms with E-state index < -0.39 is 0 Å². The monoisotopic (exact) mass is 1160 g/mol. The molecule has 0 unspecified atom stereocenters. The summed E-state index contributed by atoms with van der Waals surface area (Å²) < 4.78 is 1.23. The zero-order valence-corrected chi connectivity index (χ0v) is 50.0. The van der Waals surface area contributed by atoms with Gasteiger partial charge in [0.25, 0.3) is 0 Å². The summed E-state index contributed by atoms with van der Waals surface area (Å²) in [5, 5.41) is 15.9. The fourth-order valence-corrected chi connectivity index (χ4v) is 14.9. The number of para-hydroxylation sites is 3. The molecular weight excluding hydrogens is 1110 g/mol. The summed E-state index contributed by atoms with van der Waals surface area (Å²) in [4.78, 5) is 7.46. The van der Waals surface area contributed by atoms with Gasteiger partial charge in [0.2, 0.25) is 0 Å². The van der Waals surface area contributed by atoms with E-state index in [1.165, 1.54) is 69.5 Å². The van der Waals surface area contributed by atoms with Crippen molar-refractivity contribution in [2.75, 3.05) is 14.7 Å². The summed E-state index contributed by atoms with van der Waals surface area (Å²) in [5.74, 6) is 0. The second kappa shape index (κ2) is 22.3. The number of nitrogens with zero attached hydrogens (tertiary/aromatic N) is 3. The van der Waals surface area contributed by atoms with Crippen LogP contribution in [0.25, 0.3) is 108 Å². The van der Waals surface area contributed by atoms with E-state index in [0.717, 1.165) is 90.1 Å². The van der Waals surface area contributed by atoms with Crippen LogP contribution in [-0.2, 0) is 0 Å². The van der Waals surface area contributed by atoms with Gasteiger partial charge in [-0.3, -0.25) is 0 Å². The van der Waals surface area contributed by atoms with E-state index in [0.29, 0.717) is 0 Å². The third-order valence-corrected chi connectivity index (χ3v) is 18.9. The predicted octanol–water partition coefficient (Wildman–Crippen LogP) is 25.2. The van der Waals surface area contributed by atoms with Gasteiger partial charge in [0, 0.05) is 60.4 Å². The van der Waals surface area contributed by atoms with Gasteiger partial charge in [-0.1, -0.05) is 255 Å². The van der Waals surface area contributed by atoms with E-state index in [1.807, 2.05) is 0 Å². The Morgan fingerprint density at radius 2 is 0.667 bits per heavy atom. The summed E-state index contributed by atoms with van der Waals surface area (Å²) in [6, 6.07) is 125. The first-order valence-corrected chi connectivity index (χ1v) is 31.7. The van der Waals surface area contributed by atoms with Crippen molar-refractivity contribution in [2.45, 2.75) is 0 Å². The molecule has 0 aliphatic heterocycles. The molecule has 0 aliphatic rings. The lowest BCUT2D eigenvalue weighted by Gasteiger charge is -2.33. The molecule has 0 N–H and O–H groups in total. The molecule has 422 valence electrons. The molecule has 17 rings (SSSR count). The minimum absolute atomic E-state index is 1.000. The number of thiophene rings is 1. The summed E-state index contributed by atoms with van der Waals surface area (Å²) >= 11 is 1.79. The zero-order valence-electron chi connectivity index (χ0n) is 49.2. The highest BCUT2D eigenvalue weighted by Gasteiger charge is 2.27. The Kier molecular flexibility index (Phi) is 13.1. The van der Waals surface area contributed by atoms with Gasteiger partial charge in [-0.25, -0.2) is 0 Å². The highest BCUT2D eigenvalue weighted by molar-refractivity contribution is 7.17. The maximum atomic E-state index is 2.51. The molecule has 0 fully saturated rings. The van der Waals surface area contributed by atoms with Crippen molar-refractivity contribution in [1.82, 2.24) is 0 Å². The molecule has 90 heavy (non-hydrogen) atoms. The van der Waals surface area contributed by atoms with E-state index in [-0.39, 0.29) is 0 Å². The molecule has 16 aromatic carbocycles. The number of rotatable bonds is 13. The molecule has 0 radical (unpaired) electrons. The van der Waals surface area contributed by atoms with Gasteiger partial charge in [0.1, 0.15) is 0 Å². The SMILES string of the molecule is c1ccc(-c2ccccc2N(c2cc(-c3cccc(-c4c5ccccc5cc5ccccc45)c3)cc(N(c3ccccc3-c3ccccc3)c3csc4ccccc34)c2)c2cccc(N(c3ccccc3)c3ccc4ccc5cccc6ccc3c4c56)c2)cc1. The minimum Gasteiger partial charge on any atom is -0.310 e. The first-order valence-electron chi connectivity index (χ1n) is 30.8. The highest BCUT2D eigenvalue weighted by Crippen LogP contribution is 2.52. The van der Waals surface area contributed by atoms with E-state index >= 15 is 0 Å². The van der Waals surface area contributed by atoms with Crippen molar-refractivity contribution in [3.63, 3.8) is 0 Å². The summed E-state index contributed by atoms with van der Waals surface area (Å²) in [7, 11) is 0. The van der Waals surface area contributed by atoms with E-state index in [2.05, 4.69) is 360 Å². The molecule has 0 amide bonds. The van der Waals surface area contributed by atoms with Crippen molar-refractivity contribution >= 4 is 126 Å². The van der Waals surface area contributed by atoms with E-state index in [1.54, 1.807) is 11.3 Å². The molecule has 17 aromatic rings. The van der Waals surface area contributed by atoms with Gasteiger partial charge in [-0.2, -0.15) is 0 Å². The van der Waals surface area contributed by atoms with Crippen LogP contribution in [0.2, 0.25) is 0 Å². The van der Waals surface area contributed by atoms with Gasteiger partial charge in [0.05, 0.1) is 22.7 Å². The van der Waals surface area contributed by atoms with E-state index in [9.17, 15) is 0 Å². The third-order valence-electron chi connectivity index (χ3n) is 17.9. The topological polar surface area (TPSA) is 9.72 Å². The van der Waals surface area contributed by atoms with Crippen molar-refractivity contribution in [1.29, 1.82) is 0 Å². The lowest BCUT2D eigenvalue weighted by molar-refractivity contribution is 1.24. The second-order valence-electron chi connectivity index (χ2n) is 23.2. The van der Waals surface area contributed by atoms with Crippen LogP contribution in [0.4, 0.5) is 51.2 Å². The van der Waals surface area contributed by atoms with E-state index in [4.69, 9.17) is 0 Å². The minimum atomic E-state index is 1.000. The molecule has 0 spiro atoms. The van der Waals surface area contributed by atoms with Crippen LogP contribution in [0.1, 0.15) is 0 Å². The Bertz CT molecular complexity index is 5450. The quantitative estimate of drug-likeness (QED) is 0.0841. The molecule has 1 heterocycles. The van der Waals surface area contributed by atoms with Crippen LogP contribution in [0.3, 0.4) is 0 Å². The number of hydrogen-bond donors (Lipinski definition) is 0. The third kappa shape index (κ3) is 9.20. The zero-order chi connectivity index (χ0) is 59.5. The first kappa shape index (κ1) is 52.7. The predicted molar refractivity (Wildman–Crippen MR) is 386 cm³/mol. The van der Waals surface area contributed by atoms with Gasteiger partial charge < -0.3 is 14.7 Å². The van der Waals surface area contributed by atoms with Crippen LogP contribution in [-0.4, -0.2) is 0 Å². The maximum absolute atomic E-state index is 2.51. The van der Waals surface area contributed by atoms with Gasteiger partial charge in [-0.05, 0) is 167 Å². The van der Waals surface area contributed by atoms with Crippen LogP contribution in [0.15, 0.2) is 345 Å². The molecule has 0 saturated heterocycles. The largest absolute Gasteiger partial charge is 0.310 e. The van der Waals surface area contributed by atoms with Crippen LogP contribution in [0.5, 0.6) is 0 Å². The van der Waals surface area contributed by atoms with Crippen molar-refractivity contribution < 1.29 is 0 Å². The normalized spacial score (nSPS) is 11.6. The highest BCUT2D eigenvalue weighted by atomic mass is 32.1. The Hall–Kier alpha value is -11.6. The molecule has 0 atom stereocenters. The Balaban J connectivity index is 0.947. The Morgan fingerprint density at radius 3 is 1.34 bits per heavy atom. The van der Waals surface area contributed by atoms with Crippen LogP contribution in [0, 0.1) is 0 Å². The average Bonchev–Trinajstić information content (AvgIpc) is 0.905. The maximum Gasteiger partial charge on any atom is 0.0647 e. The molecular formula is C86H57N3S. The number of hydrogen-bond acceptors (Lipinski definition) is 4. The average molecular weight is 1160 g/mol. The molecule has 0 saturated carbocycles. The molecule has 4 heteroatoms. The smallest absolute Gasteiger partial charge is 0.0647 e. The van der Waals surface area contributed by atoms with Crippen LogP contribution >= 0.6 is 11.3 Å². The van der Waals surface area contributed by atoms with Crippen molar-refractivity contribution in [3.05, 3.63) is 345 Å². The summed E-state index contributed by atoms with van der Waals surface area (Å²) in [6.45, 7) is 0. The number of fused-ring (bicyclic) bond motifs is 3. The fourth-order valence-electron chi connectivity index (χ4n) is 13.9. The molecule has 1 aromatic heterocycles. The van der Waals surface area contributed by atoms with Crippen molar-refractivity contribution in [2.24, 2.45) is 0 Å². The van der Waals surface area contributed by atoms with Gasteiger partial charge in [0.15, 0.2) is 0 Å². The first-order chi connectivity index (χ1) is 44.6. The molecule has 3 nitrogen and oxygen atoms in total. The lowest BCUT2D eigenvalue weighted by Crippen LogP contribution is -2.16. The molecule has 0 aliphatic carbocycles. The Labute approximate surface area is 527 Å². The van der Waals surface area contributed by atoms with Gasteiger partial charge in [-0.15, -0.1) is 11.3 Å². The number of anilines is 9. The summed E-state index contributed by atoms with van der Waals surface area (Å²) in [6.07, 6.45) is 0. The van der Waals surface area contributed by atoms with Gasteiger partial charge >= 0.3 is 0 Å².